The van der Waals surface area contributed by atoms with Crippen molar-refractivity contribution in [3.63, 3.8) is 0 Å². The minimum absolute atomic E-state index is 0. The third kappa shape index (κ3) is 3.68. The highest BCUT2D eigenvalue weighted by Crippen LogP contribution is 2.29. The van der Waals surface area contributed by atoms with Crippen molar-refractivity contribution in [1.82, 2.24) is 15.1 Å². The highest BCUT2D eigenvalue weighted by atomic mass is 35.5. The summed E-state index contributed by atoms with van der Waals surface area (Å²) in [6.07, 6.45) is -0.495. The minimum atomic E-state index is -2.85. The van der Waals surface area contributed by atoms with Crippen LogP contribution in [0, 0.1) is 0 Å². The Morgan fingerprint density at radius 2 is 1.95 bits per heavy atom. The summed E-state index contributed by atoms with van der Waals surface area (Å²) in [6.45, 7) is 7.48. The van der Waals surface area contributed by atoms with Gasteiger partial charge in [-0.05, 0) is 27.7 Å². The van der Waals surface area contributed by atoms with Gasteiger partial charge in [0.2, 0.25) is 11.8 Å². The van der Waals surface area contributed by atoms with E-state index in [1.165, 1.54) is 4.90 Å². The molecule has 2 rings (SSSR count). The summed E-state index contributed by atoms with van der Waals surface area (Å²) < 4.78 is 26.4. The molecular formula is C14H24ClF2N3O2. The van der Waals surface area contributed by atoms with E-state index in [4.69, 9.17) is 0 Å². The summed E-state index contributed by atoms with van der Waals surface area (Å²) in [5.74, 6) is -3.39. The van der Waals surface area contributed by atoms with Gasteiger partial charge in [-0.1, -0.05) is 0 Å². The van der Waals surface area contributed by atoms with Crippen molar-refractivity contribution in [1.29, 1.82) is 0 Å². The molecular weight excluding hydrogens is 316 g/mol. The monoisotopic (exact) mass is 339 g/mol. The average Bonchev–Trinajstić information content (AvgIpc) is 2.65. The molecule has 128 valence electrons. The molecule has 8 heteroatoms. The summed E-state index contributed by atoms with van der Waals surface area (Å²) in [6, 6.07) is -0.854. The predicted octanol–water partition coefficient (Wildman–Crippen LogP) is 1.26. The second-order valence-corrected chi connectivity index (χ2v) is 6.86. The van der Waals surface area contributed by atoms with Crippen molar-refractivity contribution in [3.8, 4) is 0 Å². The topological polar surface area (TPSA) is 52.7 Å². The van der Waals surface area contributed by atoms with Crippen LogP contribution in [0.4, 0.5) is 8.78 Å². The molecule has 0 radical (unpaired) electrons. The molecule has 1 N–H and O–H groups in total. The number of nitrogens with one attached hydrogen (secondary N) is 1. The summed E-state index contributed by atoms with van der Waals surface area (Å²) in [5.41, 5.74) is -0.500. The van der Waals surface area contributed by atoms with Gasteiger partial charge in [0, 0.05) is 19.0 Å². The number of alkyl halides is 2. The molecule has 22 heavy (non-hydrogen) atoms. The van der Waals surface area contributed by atoms with Gasteiger partial charge in [0.05, 0.1) is 24.7 Å². The van der Waals surface area contributed by atoms with Gasteiger partial charge in [0.1, 0.15) is 0 Å². The van der Waals surface area contributed by atoms with Crippen molar-refractivity contribution in [2.75, 3.05) is 19.6 Å². The average molecular weight is 340 g/mol. The van der Waals surface area contributed by atoms with Crippen LogP contribution in [0.3, 0.4) is 0 Å². The number of hydrogen-bond acceptors (Lipinski definition) is 3. The Kier molecular flexibility index (Phi) is 5.45. The number of rotatable bonds is 2. The lowest BCUT2D eigenvalue weighted by molar-refractivity contribution is -0.156. The fourth-order valence-electron chi connectivity index (χ4n) is 3.43. The molecule has 2 aliphatic heterocycles. The second-order valence-electron chi connectivity index (χ2n) is 6.86. The minimum Gasteiger partial charge on any atom is -0.332 e. The van der Waals surface area contributed by atoms with Crippen molar-refractivity contribution in [2.45, 2.75) is 57.7 Å². The summed E-state index contributed by atoms with van der Waals surface area (Å²) >= 11 is 0. The van der Waals surface area contributed by atoms with Gasteiger partial charge in [-0.15, -0.1) is 12.4 Å². The molecule has 0 aliphatic carbocycles. The third-order valence-electron chi connectivity index (χ3n) is 4.06. The number of piperazine rings is 1. The van der Waals surface area contributed by atoms with E-state index in [2.05, 4.69) is 5.32 Å². The van der Waals surface area contributed by atoms with Crippen molar-refractivity contribution < 1.29 is 18.4 Å². The Hall–Kier alpha value is -0.950. The first kappa shape index (κ1) is 19.1. The van der Waals surface area contributed by atoms with Crippen LogP contribution in [0.25, 0.3) is 0 Å². The van der Waals surface area contributed by atoms with E-state index in [-0.39, 0.29) is 30.9 Å². The first-order valence-electron chi connectivity index (χ1n) is 7.26. The predicted molar refractivity (Wildman–Crippen MR) is 81.2 cm³/mol. The molecule has 1 atom stereocenters. The lowest BCUT2D eigenvalue weighted by atomic mass is 9.95. The summed E-state index contributed by atoms with van der Waals surface area (Å²) in [7, 11) is 0. The molecule has 0 aromatic heterocycles. The van der Waals surface area contributed by atoms with Crippen LogP contribution in [-0.4, -0.2) is 64.8 Å². The SMILES string of the molecule is CC(C)N1C(=O)CN(C(=O)C2CC(F)(F)CN2)CC1(C)C.Cl. The zero-order chi connectivity index (χ0) is 16.0. The van der Waals surface area contributed by atoms with Crippen LogP contribution in [0.2, 0.25) is 0 Å². The van der Waals surface area contributed by atoms with E-state index in [9.17, 15) is 18.4 Å². The molecule has 0 bridgehead atoms. The number of halogens is 3. The zero-order valence-electron chi connectivity index (χ0n) is 13.4. The normalized spacial score (nSPS) is 27.0. The number of amides is 2. The van der Waals surface area contributed by atoms with Crippen LogP contribution in [0.1, 0.15) is 34.1 Å². The molecule has 0 spiro atoms. The lowest BCUT2D eigenvalue weighted by Crippen LogP contribution is -2.66. The molecule has 2 saturated heterocycles. The van der Waals surface area contributed by atoms with E-state index in [1.54, 1.807) is 4.90 Å². The van der Waals surface area contributed by atoms with Gasteiger partial charge < -0.3 is 9.80 Å². The Morgan fingerprint density at radius 1 is 1.36 bits per heavy atom. The van der Waals surface area contributed by atoms with Gasteiger partial charge in [-0.3, -0.25) is 14.9 Å². The first-order chi connectivity index (χ1) is 9.53. The van der Waals surface area contributed by atoms with Crippen LogP contribution in [-0.2, 0) is 9.59 Å². The maximum absolute atomic E-state index is 13.2. The number of hydrogen-bond donors (Lipinski definition) is 1. The highest BCUT2D eigenvalue weighted by Gasteiger charge is 2.47. The Balaban J connectivity index is 0.00000242. The van der Waals surface area contributed by atoms with E-state index in [1.807, 2.05) is 27.7 Å². The van der Waals surface area contributed by atoms with Crippen molar-refractivity contribution in [3.05, 3.63) is 0 Å². The zero-order valence-corrected chi connectivity index (χ0v) is 14.2. The van der Waals surface area contributed by atoms with Gasteiger partial charge >= 0.3 is 0 Å². The Bertz CT molecular complexity index is 457. The van der Waals surface area contributed by atoms with Crippen LogP contribution >= 0.6 is 12.4 Å². The summed E-state index contributed by atoms with van der Waals surface area (Å²) in [4.78, 5) is 27.8. The molecule has 2 heterocycles. The largest absolute Gasteiger partial charge is 0.332 e. The van der Waals surface area contributed by atoms with Gasteiger partial charge in [-0.25, -0.2) is 8.78 Å². The molecule has 0 aromatic rings. The fraction of sp³-hybridized carbons (Fsp3) is 0.857. The number of carbonyl (C=O) groups is 2. The third-order valence-corrected chi connectivity index (χ3v) is 4.06. The number of carbonyl (C=O) groups excluding carboxylic acids is 2. The molecule has 0 saturated carbocycles. The molecule has 2 fully saturated rings. The number of nitrogens with zero attached hydrogens (tertiary/aromatic N) is 2. The second kappa shape index (κ2) is 6.28. The van der Waals surface area contributed by atoms with Gasteiger partial charge in [0.25, 0.3) is 5.92 Å². The molecule has 0 aromatic carbocycles. The van der Waals surface area contributed by atoms with Gasteiger partial charge in [0.15, 0.2) is 0 Å². The van der Waals surface area contributed by atoms with Crippen molar-refractivity contribution >= 4 is 24.2 Å². The Morgan fingerprint density at radius 3 is 2.36 bits per heavy atom. The van der Waals surface area contributed by atoms with Crippen LogP contribution in [0.15, 0.2) is 0 Å². The Labute approximate surface area is 135 Å². The van der Waals surface area contributed by atoms with Gasteiger partial charge in [-0.2, -0.15) is 0 Å². The quantitative estimate of drug-likeness (QED) is 0.824. The standard InChI is InChI=1S/C14H23F2N3O2.ClH/c1-9(2)19-11(20)6-18(8-13(19,3)4)12(21)10-5-14(15,16)7-17-10;/h9-10,17H,5-8H2,1-4H3;1H. The van der Waals surface area contributed by atoms with Crippen LogP contribution < -0.4 is 5.32 Å². The molecule has 2 aliphatic rings. The molecule has 1 unspecified atom stereocenters. The molecule has 5 nitrogen and oxygen atoms in total. The van der Waals surface area contributed by atoms with E-state index in [0.717, 1.165) is 0 Å². The smallest absolute Gasteiger partial charge is 0.262 e. The summed E-state index contributed by atoms with van der Waals surface area (Å²) in [5, 5.41) is 2.55. The first-order valence-corrected chi connectivity index (χ1v) is 7.26. The van der Waals surface area contributed by atoms with Crippen molar-refractivity contribution in [2.24, 2.45) is 0 Å². The van der Waals surface area contributed by atoms with E-state index in [0.29, 0.717) is 6.54 Å². The maximum Gasteiger partial charge on any atom is 0.262 e. The lowest BCUT2D eigenvalue weighted by Gasteiger charge is -2.49. The maximum atomic E-state index is 13.2. The van der Waals surface area contributed by atoms with Crippen LogP contribution in [0.5, 0.6) is 0 Å². The molecule has 2 amide bonds. The highest BCUT2D eigenvalue weighted by molar-refractivity contribution is 5.89. The fourth-order valence-corrected chi connectivity index (χ4v) is 3.43. The van der Waals surface area contributed by atoms with E-state index < -0.39 is 36.4 Å². The van der Waals surface area contributed by atoms with E-state index >= 15 is 0 Å².